The van der Waals surface area contributed by atoms with E-state index in [9.17, 15) is 0 Å². The van der Waals surface area contributed by atoms with Gasteiger partial charge >= 0.3 is 0 Å². The van der Waals surface area contributed by atoms with Crippen molar-refractivity contribution in [3.05, 3.63) is 59.9 Å². The fourth-order valence-corrected chi connectivity index (χ4v) is 2.20. The van der Waals surface area contributed by atoms with Gasteiger partial charge in [-0.3, -0.25) is 4.98 Å². The molecule has 0 amide bonds. The molecule has 3 aromatic rings. The molecular formula is C17H19N5. The summed E-state index contributed by atoms with van der Waals surface area (Å²) in [5.41, 5.74) is 3.56. The predicted octanol–water partition coefficient (Wildman–Crippen LogP) is 3.08. The minimum atomic E-state index is 0.165. The predicted molar refractivity (Wildman–Crippen MR) is 85.3 cm³/mol. The van der Waals surface area contributed by atoms with Crippen molar-refractivity contribution in [1.29, 1.82) is 0 Å². The second-order valence-corrected chi connectivity index (χ2v) is 6.33. The Morgan fingerprint density at radius 2 is 1.64 bits per heavy atom. The van der Waals surface area contributed by atoms with Crippen LogP contribution in [-0.4, -0.2) is 25.2 Å². The van der Waals surface area contributed by atoms with Gasteiger partial charge in [0.05, 0.1) is 6.54 Å². The molecular weight excluding hydrogens is 274 g/mol. The van der Waals surface area contributed by atoms with Crippen molar-refractivity contribution < 1.29 is 0 Å². The molecule has 0 bridgehead atoms. The molecule has 0 atom stereocenters. The SMILES string of the molecule is CC(C)(C)c1ccc(Cn2nnc(-c3ccncc3)n2)cc1. The summed E-state index contributed by atoms with van der Waals surface area (Å²) in [4.78, 5) is 5.60. The van der Waals surface area contributed by atoms with Gasteiger partial charge in [-0.25, -0.2) is 0 Å². The van der Waals surface area contributed by atoms with E-state index in [0.29, 0.717) is 12.4 Å². The minimum absolute atomic E-state index is 0.165. The molecule has 0 aliphatic rings. The maximum atomic E-state index is 4.41. The van der Waals surface area contributed by atoms with Crippen molar-refractivity contribution in [1.82, 2.24) is 25.2 Å². The van der Waals surface area contributed by atoms with Crippen LogP contribution in [0.3, 0.4) is 0 Å². The molecule has 0 aliphatic carbocycles. The Morgan fingerprint density at radius 1 is 0.955 bits per heavy atom. The number of rotatable bonds is 3. The van der Waals surface area contributed by atoms with Crippen LogP contribution in [0.1, 0.15) is 31.9 Å². The standard InChI is InChI=1S/C17H19N5/c1-17(2,3)15-6-4-13(5-7-15)12-22-20-16(19-21-22)14-8-10-18-11-9-14/h4-11H,12H2,1-3H3. The zero-order valence-corrected chi connectivity index (χ0v) is 13.1. The van der Waals surface area contributed by atoms with Gasteiger partial charge in [0.25, 0.3) is 0 Å². The Kier molecular flexibility index (Phi) is 3.71. The number of tetrazole rings is 1. The molecule has 3 rings (SSSR count). The fourth-order valence-electron chi connectivity index (χ4n) is 2.20. The van der Waals surface area contributed by atoms with Gasteiger partial charge in [-0.15, -0.1) is 10.2 Å². The molecule has 0 N–H and O–H groups in total. The molecule has 0 saturated carbocycles. The van der Waals surface area contributed by atoms with E-state index in [2.05, 4.69) is 65.4 Å². The zero-order chi connectivity index (χ0) is 15.6. The first-order chi connectivity index (χ1) is 10.5. The van der Waals surface area contributed by atoms with Crippen molar-refractivity contribution in [2.24, 2.45) is 0 Å². The van der Waals surface area contributed by atoms with E-state index in [1.807, 2.05) is 12.1 Å². The van der Waals surface area contributed by atoms with Crippen molar-refractivity contribution in [3.8, 4) is 11.4 Å². The summed E-state index contributed by atoms with van der Waals surface area (Å²) >= 11 is 0. The Morgan fingerprint density at radius 3 is 2.27 bits per heavy atom. The first-order valence-corrected chi connectivity index (χ1v) is 7.30. The van der Waals surface area contributed by atoms with E-state index < -0.39 is 0 Å². The van der Waals surface area contributed by atoms with Crippen LogP contribution >= 0.6 is 0 Å². The molecule has 112 valence electrons. The Bertz CT molecular complexity index is 739. The van der Waals surface area contributed by atoms with Gasteiger partial charge < -0.3 is 0 Å². The number of pyridine rings is 1. The summed E-state index contributed by atoms with van der Waals surface area (Å²) in [6.45, 7) is 7.24. The number of aromatic nitrogens is 5. The topological polar surface area (TPSA) is 56.5 Å². The van der Waals surface area contributed by atoms with Crippen LogP contribution in [0.4, 0.5) is 0 Å². The van der Waals surface area contributed by atoms with Crippen LogP contribution in [0.15, 0.2) is 48.8 Å². The lowest BCUT2D eigenvalue weighted by Gasteiger charge is -2.19. The smallest absolute Gasteiger partial charge is 0.205 e. The van der Waals surface area contributed by atoms with Gasteiger partial charge in [0.1, 0.15) is 0 Å². The Hall–Kier alpha value is -2.56. The molecule has 1 aromatic carbocycles. The van der Waals surface area contributed by atoms with Crippen molar-refractivity contribution in [2.45, 2.75) is 32.7 Å². The van der Waals surface area contributed by atoms with Crippen LogP contribution in [0.5, 0.6) is 0 Å². The number of nitrogens with zero attached hydrogens (tertiary/aromatic N) is 5. The lowest BCUT2D eigenvalue weighted by molar-refractivity contribution is 0.570. The molecule has 5 nitrogen and oxygen atoms in total. The van der Waals surface area contributed by atoms with Gasteiger partial charge in [0.2, 0.25) is 5.82 Å². The zero-order valence-electron chi connectivity index (χ0n) is 13.1. The highest BCUT2D eigenvalue weighted by Crippen LogP contribution is 2.22. The minimum Gasteiger partial charge on any atom is -0.265 e. The van der Waals surface area contributed by atoms with E-state index in [1.54, 1.807) is 17.2 Å². The van der Waals surface area contributed by atoms with Crippen LogP contribution in [0.25, 0.3) is 11.4 Å². The summed E-state index contributed by atoms with van der Waals surface area (Å²) in [5.74, 6) is 0.619. The first-order valence-electron chi connectivity index (χ1n) is 7.30. The molecule has 22 heavy (non-hydrogen) atoms. The van der Waals surface area contributed by atoms with Crippen molar-refractivity contribution in [3.63, 3.8) is 0 Å². The monoisotopic (exact) mass is 293 g/mol. The highest BCUT2D eigenvalue weighted by molar-refractivity contribution is 5.52. The lowest BCUT2D eigenvalue weighted by atomic mass is 9.87. The molecule has 0 fully saturated rings. The average Bonchev–Trinajstić information content (AvgIpc) is 2.96. The molecule has 2 heterocycles. The van der Waals surface area contributed by atoms with Crippen LogP contribution in [0.2, 0.25) is 0 Å². The van der Waals surface area contributed by atoms with Gasteiger partial charge in [0.15, 0.2) is 0 Å². The third-order valence-electron chi connectivity index (χ3n) is 3.54. The Labute approximate surface area is 130 Å². The fraction of sp³-hybridized carbons (Fsp3) is 0.294. The summed E-state index contributed by atoms with van der Waals surface area (Å²) in [5, 5.41) is 12.6. The number of benzene rings is 1. The maximum Gasteiger partial charge on any atom is 0.205 e. The normalized spacial score (nSPS) is 11.6. The highest BCUT2D eigenvalue weighted by atomic mass is 15.6. The average molecular weight is 293 g/mol. The second kappa shape index (κ2) is 5.67. The van der Waals surface area contributed by atoms with Crippen LogP contribution in [-0.2, 0) is 12.0 Å². The van der Waals surface area contributed by atoms with E-state index in [1.165, 1.54) is 5.56 Å². The quantitative estimate of drug-likeness (QED) is 0.744. The molecule has 0 unspecified atom stereocenters. The molecule has 0 aliphatic heterocycles. The Balaban J connectivity index is 1.76. The molecule has 0 spiro atoms. The molecule has 2 aromatic heterocycles. The maximum absolute atomic E-state index is 4.41. The van der Waals surface area contributed by atoms with Gasteiger partial charge in [-0.1, -0.05) is 45.0 Å². The second-order valence-electron chi connectivity index (χ2n) is 6.33. The van der Waals surface area contributed by atoms with E-state index in [4.69, 9.17) is 0 Å². The van der Waals surface area contributed by atoms with Crippen LogP contribution < -0.4 is 0 Å². The highest BCUT2D eigenvalue weighted by Gasteiger charge is 2.13. The molecule has 0 saturated heterocycles. The van der Waals surface area contributed by atoms with E-state index in [-0.39, 0.29) is 5.41 Å². The number of hydrogen-bond acceptors (Lipinski definition) is 4. The summed E-state index contributed by atoms with van der Waals surface area (Å²) in [6, 6.07) is 12.3. The van der Waals surface area contributed by atoms with Crippen LogP contribution in [0, 0.1) is 0 Å². The third-order valence-corrected chi connectivity index (χ3v) is 3.54. The summed E-state index contributed by atoms with van der Waals surface area (Å²) in [7, 11) is 0. The van der Waals surface area contributed by atoms with Gasteiger partial charge in [0, 0.05) is 18.0 Å². The molecule has 0 radical (unpaired) electrons. The van der Waals surface area contributed by atoms with E-state index in [0.717, 1.165) is 11.1 Å². The first kappa shape index (κ1) is 14.4. The molecule has 5 heteroatoms. The van der Waals surface area contributed by atoms with Gasteiger partial charge in [-0.05, 0) is 33.9 Å². The lowest BCUT2D eigenvalue weighted by Crippen LogP contribution is -2.11. The number of hydrogen-bond donors (Lipinski definition) is 0. The summed E-state index contributed by atoms with van der Waals surface area (Å²) < 4.78 is 0. The van der Waals surface area contributed by atoms with Gasteiger partial charge in [-0.2, -0.15) is 4.80 Å². The van der Waals surface area contributed by atoms with Crippen molar-refractivity contribution >= 4 is 0 Å². The third kappa shape index (κ3) is 3.19. The largest absolute Gasteiger partial charge is 0.265 e. The van der Waals surface area contributed by atoms with E-state index >= 15 is 0 Å². The van der Waals surface area contributed by atoms with Crippen molar-refractivity contribution in [2.75, 3.05) is 0 Å². The summed E-state index contributed by atoms with van der Waals surface area (Å²) in [6.07, 6.45) is 3.45.